The van der Waals surface area contributed by atoms with E-state index in [1.165, 1.54) is 18.5 Å². The Morgan fingerprint density at radius 2 is 1.82 bits per heavy atom. The monoisotopic (exact) mass is 232 g/mol. The maximum absolute atomic E-state index is 6.11. The van der Waals surface area contributed by atoms with Gasteiger partial charge in [0, 0.05) is 18.1 Å². The van der Waals surface area contributed by atoms with Gasteiger partial charge in [-0.15, -0.1) is 0 Å². The second kappa shape index (κ2) is 4.22. The molecule has 3 nitrogen and oxygen atoms in total. The van der Waals surface area contributed by atoms with E-state index in [2.05, 4.69) is 17.0 Å². The van der Waals surface area contributed by atoms with E-state index < -0.39 is 0 Å². The zero-order valence-electron chi connectivity index (χ0n) is 10.3. The lowest BCUT2D eigenvalue weighted by atomic mass is 9.97. The summed E-state index contributed by atoms with van der Waals surface area (Å²) in [5, 5.41) is 0. The maximum Gasteiger partial charge on any atom is 0.142 e. The number of benzene rings is 1. The van der Waals surface area contributed by atoms with Gasteiger partial charge in [0.25, 0.3) is 0 Å². The van der Waals surface area contributed by atoms with E-state index in [9.17, 15) is 0 Å². The van der Waals surface area contributed by atoms with Gasteiger partial charge in [-0.05, 0) is 37.8 Å². The Morgan fingerprint density at radius 1 is 1.18 bits per heavy atom. The van der Waals surface area contributed by atoms with Gasteiger partial charge in [-0.2, -0.15) is 0 Å². The quantitative estimate of drug-likeness (QED) is 0.849. The van der Waals surface area contributed by atoms with Crippen molar-refractivity contribution in [2.75, 3.05) is 12.0 Å². The molecule has 2 N–H and O–H groups in total. The highest BCUT2D eigenvalue weighted by Gasteiger charge is 2.40. The SMILES string of the molecule is COc1ccccc1N1C2CCC1CC(N)C2. The van der Waals surface area contributed by atoms with Gasteiger partial charge in [0.1, 0.15) is 5.75 Å². The first kappa shape index (κ1) is 10.9. The summed E-state index contributed by atoms with van der Waals surface area (Å²) in [6.07, 6.45) is 4.79. The van der Waals surface area contributed by atoms with Crippen LogP contribution in [0, 0.1) is 0 Å². The van der Waals surface area contributed by atoms with Crippen molar-refractivity contribution in [2.45, 2.75) is 43.8 Å². The van der Waals surface area contributed by atoms with Gasteiger partial charge >= 0.3 is 0 Å². The zero-order valence-corrected chi connectivity index (χ0v) is 10.3. The normalized spacial score (nSPS) is 31.6. The second-order valence-corrected chi connectivity index (χ2v) is 5.20. The van der Waals surface area contributed by atoms with Crippen LogP contribution in [0.4, 0.5) is 5.69 Å². The van der Waals surface area contributed by atoms with Crippen molar-refractivity contribution < 1.29 is 4.74 Å². The molecule has 2 heterocycles. The van der Waals surface area contributed by atoms with Crippen molar-refractivity contribution in [3.8, 4) is 5.75 Å². The molecule has 2 fully saturated rings. The molecule has 92 valence electrons. The first-order valence-corrected chi connectivity index (χ1v) is 6.46. The highest BCUT2D eigenvalue weighted by atomic mass is 16.5. The number of piperidine rings is 1. The van der Waals surface area contributed by atoms with Gasteiger partial charge in [0.2, 0.25) is 0 Å². The molecule has 3 heteroatoms. The van der Waals surface area contributed by atoms with Crippen LogP contribution in [-0.4, -0.2) is 25.2 Å². The Labute approximate surface area is 103 Å². The molecule has 0 aliphatic carbocycles. The van der Waals surface area contributed by atoms with E-state index in [0.717, 1.165) is 18.6 Å². The van der Waals surface area contributed by atoms with Crippen molar-refractivity contribution in [1.29, 1.82) is 0 Å². The van der Waals surface area contributed by atoms with Gasteiger partial charge in [-0.3, -0.25) is 0 Å². The summed E-state index contributed by atoms with van der Waals surface area (Å²) in [6, 6.07) is 9.94. The molecule has 0 radical (unpaired) electrons. The van der Waals surface area contributed by atoms with Crippen LogP contribution in [0.5, 0.6) is 5.75 Å². The summed E-state index contributed by atoms with van der Waals surface area (Å²) in [5.41, 5.74) is 7.35. The summed E-state index contributed by atoms with van der Waals surface area (Å²) in [5.74, 6) is 0.986. The predicted octanol–water partition coefficient (Wildman–Crippen LogP) is 2.15. The fourth-order valence-electron chi connectivity index (χ4n) is 3.46. The first-order chi connectivity index (χ1) is 8.29. The van der Waals surface area contributed by atoms with Crippen molar-refractivity contribution >= 4 is 5.69 Å². The number of hydrogen-bond acceptors (Lipinski definition) is 3. The van der Waals surface area contributed by atoms with Crippen LogP contribution in [0.1, 0.15) is 25.7 Å². The smallest absolute Gasteiger partial charge is 0.142 e. The number of hydrogen-bond donors (Lipinski definition) is 1. The molecule has 0 saturated carbocycles. The van der Waals surface area contributed by atoms with E-state index in [0.29, 0.717) is 18.1 Å². The van der Waals surface area contributed by atoms with Crippen LogP contribution in [0.15, 0.2) is 24.3 Å². The molecular formula is C14H20N2O. The minimum absolute atomic E-state index is 0.387. The van der Waals surface area contributed by atoms with Crippen LogP contribution in [-0.2, 0) is 0 Å². The maximum atomic E-state index is 6.11. The lowest BCUT2D eigenvalue weighted by Gasteiger charge is -2.40. The van der Waals surface area contributed by atoms with Crippen molar-refractivity contribution in [2.24, 2.45) is 5.73 Å². The van der Waals surface area contributed by atoms with Gasteiger partial charge in [0.05, 0.1) is 12.8 Å². The highest BCUT2D eigenvalue weighted by molar-refractivity contribution is 5.61. The molecule has 0 aromatic heterocycles. The van der Waals surface area contributed by atoms with E-state index >= 15 is 0 Å². The molecule has 2 bridgehead atoms. The third-order valence-electron chi connectivity index (χ3n) is 4.13. The lowest BCUT2D eigenvalue weighted by molar-refractivity contribution is 0.391. The molecule has 3 rings (SSSR count). The molecule has 1 aromatic carbocycles. The summed E-state index contributed by atoms with van der Waals surface area (Å²) in [7, 11) is 1.75. The molecule has 2 saturated heterocycles. The Hall–Kier alpha value is -1.22. The summed E-state index contributed by atoms with van der Waals surface area (Å²) in [4.78, 5) is 2.54. The fraction of sp³-hybridized carbons (Fsp3) is 0.571. The number of ether oxygens (including phenoxy) is 1. The van der Waals surface area contributed by atoms with Crippen LogP contribution in [0.3, 0.4) is 0 Å². The van der Waals surface area contributed by atoms with Crippen LogP contribution >= 0.6 is 0 Å². The molecule has 2 aliphatic heterocycles. The van der Waals surface area contributed by atoms with Crippen LogP contribution in [0.2, 0.25) is 0 Å². The number of rotatable bonds is 2. The zero-order chi connectivity index (χ0) is 11.8. The predicted molar refractivity (Wildman–Crippen MR) is 69.5 cm³/mol. The van der Waals surface area contributed by atoms with Crippen LogP contribution in [0.25, 0.3) is 0 Å². The topological polar surface area (TPSA) is 38.5 Å². The van der Waals surface area contributed by atoms with Crippen molar-refractivity contribution in [3.63, 3.8) is 0 Å². The molecule has 1 aromatic rings. The van der Waals surface area contributed by atoms with Gasteiger partial charge in [-0.1, -0.05) is 12.1 Å². The second-order valence-electron chi connectivity index (χ2n) is 5.20. The van der Waals surface area contributed by atoms with Gasteiger partial charge in [-0.25, -0.2) is 0 Å². The molecule has 0 amide bonds. The van der Waals surface area contributed by atoms with Crippen molar-refractivity contribution in [1.82, 2.24) is 0 Å². The lowest BCUT2D eigenvalue weighted by Crippen LogP contribution is -2.47. The molecular weight excluding hydrogens is 212 g/mol. The Kier molecular flexibility index (Phi) is 2.71. The summed E-state index contributed by atoms with van der Waals surface area (Å²) < 4.78 is 5.48. The molecule has 2 aliphatic rings. The Bertz CT molecular complexity index is 393. The Balaban J connectivity index is 1.94. The molecule has 17 heavy (non-hydrogen) atoms. The van der Waals surface area contributed by atoms with E-state index in [-0.39, 0.29) is 0 Å². The number of nitrogens with two attached hydrogens (primary N) is 1. The summed E-state index contributed by atoms with van der Waals surface area (Å²) in [6.45, 7) is 0. The fourth-order valence-corrected chi connectivity index (χ4v) is 3.46. The standard InChI is InChI=1S/C14H20N2O/c1-17-14-5-3-2-4-13(14)16-11-6-7-12(16)9-10(15)8-11/h2-5,10-12H,6-9,15H2,1H3. The number of methoxy groups -OCH3 is 1. The third-order valence-corrected chi connectivity index (χ3v) is 4.13. The summed E-state index contributed by atoms with van der Waals surface area (Å²) >= 11 is 0. The van der Waals surface area contributed by atoms with Crippen LogP contribution < -0.4 is 15.4 Å². The highest BCUT2D eigenvalue weighted by Crippen LogP contribution is 2.42. The molecule has 0 spiro atoms. The number of nitrogens with zero attached hydrogens (tertiary/aromatic N) is 1. The molecule has 2 atom stereocenters. The molecule has 2 unspecified atom stereocenters. The van der Waals surface area contributed by atoms with E-state index in [1.54, 1.807) is 7.11 Å². The first-order valence-electron chi connectivity index (χ1n) is 6.46. The number of fused-ring (bicyclic) bond motifs is 2. The van der Waals surface area contributed by atoms with Crippen molar-refractivity contribution in [3.05, 3.63) is 24.3 Å². The third kappa shape index (κ3) is 1.78. The van der Waals surface area contributed by atoms with Gasteiger partial charge < -0.3 is 15.4 Å². The average molecular weight is 232 g/mol. The van der Waals surface area contributed by atoms with Gasteiger partial charge in [0.15, 0.2) is 0 Å². The Morgan fingerprint density at radius 3 is 2.47 bits per heavy atom. The minimum atomic E-state index is 0.387. The minimum Gasteiger partial charge on any atom is -0.495 e. The average Bonchev–Trinajstić information content (AvgIpc) is 2.61. The number of para-hydroxylation sites is 2. The largest absolute Gasteiger partial charge is 0.495 e. The van der Waals surface area contributed by atoms with E-state index in [4.69, 9.17) is 10.5 Å². The number of anilines is 1. The van der Waals surface area contributed by atoms with E-state index in [1.807, 2.05) is 12.1 Å².